The first-order valence-corrected chi connectivity index (χ1v) is 27.9. The van der Waals surface area contributed by atoms with Gasteiger partial charge >= 0.3 is 66.7 Å². The monoisotopic (exact) mass is 1060 g/mol. The van der Waals surface area contributed by atoms with Crippen LogP contribution in [0.25, 0.3) is 0 Å². The Morgan fingerprint density at radius 3 is 0.940 bits per heavy atom. The molecule has 0 aliphatic heterocycles. The topological polar surface area (TPSA) is 75.2 Å². The van der Waals surface area contributed by atoms with Crippen molar-refractivity contribution in [2.45, 2.75) is 114 Å². The number of benzene rings is 4. The summed E-state index contributed by atoms with van der Waals surface area (Å²) in [6.45, 7) is 30.0. The van der Waals surface area contributed by atoms with Gasteiger partial charge in [-0.25, -0.2) is 9.97 Å². The van der Waals surface area contributed by atoms with E-state index in [2.05, 4.69) is 142 Å². The van der Waals surface area contributed by atoms with Crippen molar-refractivity contribution in [1.29, 1.82) is 0 Å². The van der Waals surface area contributed by atoms with Gasteiger partial charge in [0, 0.05) is 0 Å². The molecular weight excluding hydrogens is 998 g/mol. The summed E-state index contributed by atoms with van der Waals surface area (Å²) >= 11 is 0.389. The Morgan fingerprint density at radius 1 is 0.433 bits per heavy atom. The summed E-state index contributed by atoms with van der Waals surface area (Å²) in [6.07, 6.45) is 0.817. The molecule has 6 aromatic rings. The second-order valence-corrected chi connectivity index (χ2v) is 22.3. The fraction of sp³-hybridized carbons (Fsp3) is 0.309. The first kappa shape index (κ1) is 55.7. The normalized spacial score (nSPS) is 12.7. The fourth-order valence-corrected chi connectivity index (χ4v) is 7.58. The Kier molecular flexibility index (Phi) is 21.3. The van der Waals surface area contributed by atoms with Gasteiger partial charge in [-0.05, 0) is 166 Å². The Balaban J connectivity index is 0.00000155. The molecule has 0 spiro atoms. The molecule has 12 heteroatoms. The standard InChI is InChI=1S/C55H62N6.4ClH.2Fe/c1-34-29-42(30-35(2)52(34)58-40(7)50-19-15-17-48(60-50)38(5)56-46-25-21-44(22-26-46)54(9,10)11)33-43-31-36(3)53(37(4)32-43)59-41(8)51-20-16-18-49(61-51)39(6)57-47-27-23-45(24-28-47)55(12,13)14;;;;;;/h15-32H,33H2,1-14H3;4*1H;;/q;;;;;2*+2/p-4. The second-order valence-electron chi connectivity index (χ2n) is 18.6. The number of hydrogen-bond donors (Lipinski definition) is 0. The van der Waals surface area contributed by atoms with Gasteiger partial charge in [0.1, 0.15) is 0 Å². The van der Waals surface area contributed by atoms with E-state index < -0.39 is 0 Å². The molecular formula is C55H62Cl4Fe2N6. The molecule has 67 heavy (non-hydrogen) atoms. The third-order valence-electron chi connectivity index (χ3n) is 11.1. The minimum absolute atomic E-state index is 0.104. The van der Waals surface area contributed by atoms with Crippen LogP contribution in [0, 0.1) is 27.7 Å². The number of aliphatic imine (C=N–C) groups is 4. The van der Waals surface area contributed by atoms with Crippen LogP contribution in [0.3, 0.4) is 0 Å². The van der Waals surface area contributed by atoms with Gasteiger partial charge in [0.15, 0.2) is 0 Å². The first-order valence-electron chi connectivity index (χ1n) is 21.9. The maximum absolute atomic E-state index is 5.12. The molecule has 0 radical (unpaired) electrons. The van der Waals surface area contributed by atoms with Gasteiger partial charge in [0.25, 0.3) is 0 Å². The summed E-state index contributed by atoms with van der Waals surface area (Å²) in [7, 11) is 19.1. The summed E-state index contributed by atoms with van der Waals surface area (Å²) < 4.78 is 0. The average Bonchev–Trinajstić information content (AvgIpc) is 3.26. The quantitative estimate of drug-likeness (QED) is 0.101. The fourth-order valence-electron chi connectivity index (χ4n) is 7.58. The van der Waals surface area contributed by atoms with Crippen molar-refractivity contribution in [2.24, 2.45) is 20.0 Å². The Bertz CT molecular complexity index is 2510. The van der Waals surface area contributed by atoms with E-state index in [0.29, 0.717) is 0 Å². The van der Waals surface area contributed by atoms with Gasteiger partial charge in [-0.15, -0.1) is 0 Å². The number of aryl methyl sites for hydroxylation is 4. The van der Waals surface area contributed by atoms with Crippen LogP contribution >= 0.6 is 40.4 Å². The zero-order chi connectivity index (χ0) is 49.6. The van der Waals surface area contributed by atoms with Crippen molar-refractivity contribution < 1.29 is 26.3 Å². The van der Waals surface area contributed by atoms with Crippen molar-refractivity contribution in [3.8, 4) is 0 Å². The van der Waals surface area contributed by atoms with Gasteiger partial charge in [0.2, 0.25) is 0 Å². The van der Waals surface area contributed by atoms with E-state index in [0.717, 1.165) is 97.0 Å². The van der Waals surface area contributed by atoms with Crippen molar-refractivity contribution in [3.05, 3.63) is 176 Å². The molecule has 2 aromatic heterocycles. The molecule has 356 valence electrons. The molecule has 4 aromatic carbocycles. The van der Waals surface area contributed by atoms with E-state index in [9.17, 15) is 0 Å². The van der Waals surface area contributed by atoms with Crippen LogP contribution < -0.4 is 0 Å². The van der Waals surface area contributed by atoms with Gasteiger partial charge < -0.3 is 0 Å². The average molecular weight is 1060 g/mol. The zero-order valence-electron chi connectivity index (χ0n) is 41.0. The van der Waals surface area contributed by atoms with Crippen molar-refractivity contribution in [2.75, 3.05) is 0 Å². The summed E-state index contributed by atoms with van der Waals surface area (Å²) in [5, 5.41) is 0. The Morgan fingerprint density at radius 2 is 0.687 bits per heavy atom. The summed E-state index contributed by atoms with van der Waals surface area (Å²) in [6, 6.07) is 38.1. The SMILES string of the molecule is CC(=Nc1ccc(C(C)(C)C)cc1)c1cccc(C(C)=Nc2c(C)cc(Cc3cc(C)c(N=C(C)c4cccc(C(C)=Nc5ccc(C(C)(C)C)cc5)n4)c(C)c3)cc2C)n1.[Cl][Fe][Cl].[Cl][Fe][Cl]. The minimum atomic E-state index is 0.104. The second kappa shape index (κ2) is 25.6. The molecule has 0 saturated heterocycles. The number of rotatable bonds is 10. The van der Waals surface area contributed by atoms with E-state index in [4.69, 9.17) is 70.3 Å². The Hall–Kier alpha value is -3.94. The third-order valence-corrected chi connectivity index (χ3v) is 11.1. The van der Waals surface area contributed by atoms with E-state index >= 15 is 0 Å². The van der Waals surface area contributed by atoms with Crippen molar-refractivity contribution >= 4 is 86.0 Å². The van der Waals surface area contributed by atoms with Crippen LogP contribution in [0.5, 0.6) is 0 Å². The Labute approximate surface area is 429 Å². The van der Waals surface area contributed by atoms with Crippen LogP contribution in [0.15, 0.2) is 129 Å². The van der Waals surface area contributed by atoms with Crippen LogP contribution in [0.1, 0.15) is 137 Å². The van der Waals surface area contributed by atoms with Crippen LogP contribution in [0.2, 0.25) is 0 Å². The molecule has 6 nitrogen and oxygen atoms in total. The molecule has 0 amide bonds. The van der Waals surface area contributed by atoms with Crippen molar-refractivity contribution in [1.82, 2.24) is 9.97 Å². The molecule has 2 heterocycles. The summed E-state index contributed by atoms with van der Waals surface area (Å²) in [4.78, 5) is 29.9. The van der Waals surface area contributed by atoms with Gasteiger partial charge in [-0.2, -0.15) is 0 Å². The molecule has 0 unspecified atom stereocenters. The van der Waals surface area contributed by atoms with Crippen LogP contribution in [-0.4, -0.2) is 32.8 Å². The zero-order valence-corrected chi connectivity index (χ0v) is 46.2. The van der Waals surface area contributed by atoms with Crippen molar-refractivity contribution in [3.63, 3.8) is 0 Å². The van der Waals surface area contributed by atoms with Crippen LogP contribution in [-0.2, 0) is 43.5 Å². The third kappa shape index (κ3) is 16.6. The summed E-state index contributed by atoms with van der Waals surface area (Å²) in [5.41, 5.74) is 20.5. The summed E-state index contributed by atoms with van der Waals surface area (Å²) in [5.74, 6) is 0. The molecule has 0 aliphatic carbocycles. The van der Waals surface area contributed by atoms with E-state index in [-0.39, 0.29) is 37.1 Å². The number of hydrogen-bond acceptors (Lipinski definition) is 6. The van der Waals surface area contributed by atoms with Gasteiger partial charge in [0.05, 0.1) is 68.4 Å². The number of pyridine rings is 2. The molecule has 0 saturated carbocycles. The van der Waals surface area contributed by atoms with Crippen LogP contribution in [0.4, 0.5) is 22.7 Å². The predicted molar refractivity (Wildman–Crippen MR) is 284 cm³/mol. The molecule has 0 bridgehead atoms. The number of nitrogens with zero attached hydrogens (tertiary/aromatic N) is 6. The maximum atomic E-state index is 5.12. The van der Waals surface area contributed by atoms with Gasteiger partial charge in [-0.3, -0.25) is 20.0 Å². The van der Waals surface area contributed by atoms with Gasteiger partial charge in [-0.1, -0.05) is 102 Å². The molecule has 6 rings (SSSR count). The molecule has 0 atom stereocenters. The number of halogens is 4. The predicted octanol–water partition coefficient (Wildman–Crippen LogP) is 17.2. The number of aromatic nitrogens is 2. The molecule has 0 aliphatic rings. The molecule has 0 N–H and O–H groups in total. The van der Waals surface area contributed by atoms with E-state index in [1.165, 1.54) is 22.3 Å². The molecule has 0 fully saturated rings. The van der Waals surface area contributed by atoms with E-state index in [1.807, 2.05) is 64.1 Å². The van der Waals surface area contributed by atoms with E-state index in [1.54, 1.807) is 0 Å². The first-order chi connectivity index (χ1) is 31.6.